The molecule has 7 nitrogen and oxygen atoms in total. The average molecular weight is 385 g/mol. The number of ether oxygens (including phenoxy) is 3. The van der Waals surface area contributed by atoms with E-state index < -0.39 is 18.1 Å². The van der Waals surface area contributed by atoms with E-state index in [0.29, 0.717) is 24.7 Å². The van der Waals surface area contributed by atoms with Crippen LogP contribution in [0.1, 0.15) is 22.7 Å². The summed E-state index contributed by atoms with van der Waals surface area (Å²) in [6, 6.07) is 13.1. The molecule has 2 heterocycles. The van der Waals surface area contributed by atoms with Gasteiger partial charge in [-0.3, -0.25) is 9.69 Å². The second-order valence-corrected chi connectivity index (χ2v) is 7.12. The van der Waals surface area contributed by atoms with Crippen molar-refractivity contribution >= 4 is 5.97 Å². The first-order chi connectivity index (χ1) is 13.6. The maximum absolute atomic E-state index is 12.5. The second kappa shape index (κ2) is 7.43. The van der Waals surface area contributed by atoms with Crippen molar-refractivity contribution in [1.29, 1.82) is 0 Å². The molecule has 0 bridgehead atoms. The smallest absolute Gasteiger partial charge is 0.326 e. The highest BCUT2D eigenvalue weighted by Crippen LogP contribution is 2.45. The number of aliphatic hydroxyl groups excluding tert-OH is 1. The van der Waals surface area contributed by atoms with Crippen molar-refractivity contribution in [3.05, 3.63) is 59.2 Å². The van der Waals surface area contributed by atoms with Gasteiger partial charge in [-0.1, -0.05) is 36.4 Å². The Balaban J connectivity index is 1.83. The highest BCUT2D eigenvalue weighted by atomic mass is 16.7. The zero-order valence-corrected chi connectivity index (χ0v) is 15.6. The number of nitrogens with zero attached hydrogens (tertiary/aromatic N) is 1. The molecular weight excluding hydrogens is 362 g/mol. The molecular formula is C21H23NO6. The van der Waals surface area contributed by atoms with E-state index in [1.807, 2.05) is 47.4 Å². The summed E-state index contributed by atoms with van der Waals surface area (Å²) in [7, 11) is 1.59. The van der Waals surface area contributed by atoms with Crippen LogP contribution in [-0.4, -0.2) is 53.7 Å². The molecule has 28 heavy (non-hydrogen) atoms. The fraction of sp³-hybridized carbons (Fsp3) is 0.381. The molecule has 2 atom stereocenters. The van der Waals surface area contributed by atoms with Gasteiger partial charge in [0.15, 0.2) is 11.5 Å². The number of carbonyl (C=O) groups is 1. The summed E-state index contributed by atoms with van der Waals surface area (Å²) in [6.07, 6.45) is 0.119. The minimum absolute atomic E-state index is 0.116. The lowest BCUT2D eigenvalue weighted by Crippen LogP contribution is -2.62. The molecule has 0 radical (unpaired) electrons. The minimum atomic E-state index is -1.49. The number of carboxylic acids is 1. The highest BCUT2D eigenvalue weighted by molar-refractivity contribution is 5.81. The van der Waals surface area contributed by atoms with E-state index in [1.54, 1.807) is 7.11 Å². The van der Waals surface area contributed by atoms with Gasteiger partial charge in [-0.25, -0.2) is 0 Å². The predicted octanol–water partition coefficient (Wildman–Crippen LogP) is 1.98. The fourth-order valence-corrected chi connectivity index (χ4v) is 4.16. The second-order valence-electron chi connectivity index (χ2n) is 7.12. The van der Waals surface area contributed by atoms with Crippen LogP contribution in [0.2, 0.25) is 0 Å². The number of methoxy groups -OCH3 is 1. The summed E-state index contributed by atoms with van der Waals surface area (Å²) in [6.45, 7) is 0.241. The first kappa shape index (κ1) is 18.7. The first-order valence-electron chi connectivity index (χ1n) is 9.16. The van der Waals surface area contributed by atoms with Gasteiger partial charge in [0.05, 0.1) is 19.3 Å². The molecule has 0 aromatic heterocycles. The van der Waals surface area contributed by atoms with Crippen LogP contribution in [0.4, 0.5) is 0 Å². The van der Waals surface area contributed by atoms with Gasteiger partial charge in [0, 0.05) is 25.6 Å². The molecule has 4 rings (SSSR count). The fourth-order valence-electron chi connectivity index (χ4n) is 4.16. The number of aliphatic hydroxyl groups is 1. The molecule has 0 unspecified atom stereocenters. The predicted molar refractivity (Wildman–Crippen MR) is 100 cm³/mol. The summed E-state index contributed by atoms with van der Waals surface area (Å²) in [5.74, 6) is 0.120. The molecule has 2 aromatic carbocycles. The van der Waals surface area contributed by atoms with E-state index in [2.05, 4.69) is 0 Å². The lowest BCUT2D eigenvalue weighted by Gasteiger charge is -2.47. The van der Waals surface area contributed by atoms with Crippen LogP contribution in [0.15, 0.2) is 42.5 Å². The molecule has 0 spiro atoms. The number of hydrogen-bond donors (Lipinski definition) is 2. The van der Waals surface area contributed by atoms with E-state index in [4.69, 9.17) is 14.2 Å². The Kier molecular flexibility index (Phi) is 4.97. The van der Waals surface area contributed by atoms with Crippen LogP contribution in [-0.2, 0) is 22.5 Å². The van der Waals surface area contributed by atoms with Crippen LogP contribution in [0, 0.1) is 0 Å². The van der Waals surface area contributed by atoms with E-state index in [1.165, 1.54) is 0 Å². The third-order valence-corrected chi connectivity index (χ3v) is 5.64. The zero-order chi connectivity index (χ0) is 19.7. The van der Waals surface area contributed by atoms with Crippen molar-refractivity contribution in [2.24, 2.45) is 0 Å². The van der Waals surface area contributed by atoms with Gasteiger partial charge in [-0.15, -0.1) is 0 Å². The lowest BCUT2D eigenvalue weighted by atomic mass is 9.80. The van der Waals surface area contributed by atoms with E-state index in [-0.39, 0.29) is 19.3 Å². The number of benzene rings is 2. The maximum atomic E-state index is 12.5. The van der Waals surface area contributed by atoms with Crippen molar-refractivity contribution in [3.63, 3.8) is 0 Å². The van der Waals surface area contributed by atoms with Crippen LogP contribution in [0.25, 0.3) is 0 Å². The number of rotatable bonds is 6. The standard InChI is InChI=1S/C21H23NO6/c1-26-11-17(14-5-3-2-4-6-14)22-10-15-7-8-18-19(28-13-27-18)16(15)9-21(22,12-23)20(24)25/h2-8,17,23H,9-13H2,1H3,(H,24,25)/t17-,21+/m0/s1. The van der Waals surface area contributed by atoms with Crippen LogP contribution >= 0.6 is 0 Å². The quantitative estimate of drug-likeness (QED) is 0.786. The molecule has 0 saturated carbocycles. The first-order valence-corrected chi connectivity index (χ1v) is 9.16. The Morgan fingerprint density at radius 2 is 2.04 bits per heavy atom. The summed E-state index contributed by atoms with van der Waals surface area (Å²) >= 11 is 0. The van der Waals surface area contributed by atoms with Gasteiger partial charge in [-0.2, -0.15) is 0 Å². The largest absolute Gasteiger partial charge is 0.480 e. The Hall–Kier alpha value is -2.61. The number of aliphatic carboxylic acids is 1. The van der Waals surface area contributed by atoms with Crippen molar-refractivity contribution < 1.29 is 29.2 Å². The Bertz CT molecular complexity index is 871. The van der Waals surface area contributed by atoms with Gasteiger partial charge < -0.3 is 24.4 Å². The number of fused-ring (bicyclic) bond motifs is 3. The molecule has 2 N–H and O–H groups in total. The SMILES string of the molecule is COC[C@@H](c1ccccc1)N1Cc2ccc3c(c2C[C@@]1(CO)C(=O)O)OCO3. The normalized spacial score (nSPS) is 21.9. The lowest BCUT2D eigenvalue weighted by molar-refractivity contribution is -0.160. The average Bonchev–Trinajstić information content (AvgIpc) is 3.21. The molecule has 2 aromatic rings. The Labute approximate surface area is 163 Å². The molecule has 2 aliphatic rings. The van der Waals surface area contributed by atoms with Gasteiger partial charge >= 0.3 is 5.97 Å². The highest BCUT2D eigenvalue weighted by Gasteiger charge is 2.51. The summed E-state index contributed by atoms with van der Waals surface area (Å²) < 4.78 is 16.5. The van der Waals surface area contributed by atoms with Gasteiger partial charge in [0.25, 0.3) is 0 Å². The van der Waals surface area contributed by atoms with Gasteiger partial charge in [0.1, 0.15) is 5.54 Å². The molecule has 2 aliphatic heterocycles. The van der Waals surface area contributed by atoms with Crippen LogP contribution in [0.3, 0.4) is 0 Å². The molecule has 0 saturated heterocycles. The number of hydrogen-bond acceptors (Lipinski definition) is 6. The molecule has 7 heteroatoms. The summed E-state index contributed by atoms with van der Waals surface area (Å²) in [5, 5.41) is 20.5. The van der Waals surface area contributed by atoms with E-state index >= 15 is 0 Å². The van der Waals surface area contributed by atoms with Crippen molar-refractivity contribution in [2.75, 3.05) is 27.1 Å². The minimum Gasteiger partial charge on any atom is -0.480 e. The summed E-state index contributed by atoms with van der Waals surface area (Å²) in [5.41, 5.74) is 1.19. The molecule has 148 valence electrons. The van der Waals surface area contributed by atoms with Gasteiger partial charge in [-0.05, 0) is 17.2 Å². The monoisotopic (exact) mass is 385 g/mol. The van der Waals surface area contributed by atoms with Crippen molar-refractivity contribution in [3.8, 4) is 11.5 Å². The topological polar surface area (TPSA) is 88.5 Å². The van der Waals surface area contributed by atoms with Crippen molar-refractivity contribution in [2.45, 2.75) is 24.5 Å². The third kappa shape index (κ3) is 2.92. The van der Waals surface area contributed by atoms with Crippen molar-refractivity contribution in [1.82, 2.24) is 4.90 Å². The Morgan fingerprint density at radius 1 is 1.25 bits per heavy atom. The van der Waals surface area contributed by atoms with Crippen LogP contribution < -0.4 is 9.47 Å². The molecule has 0 amide bonds. The van der Waals surface area contributed by atoms with Gasteiger partial charge in [0.2, 0.25) is 6.79 Å². The number of carboxylic acid groups (broad SMARTS) is 1. The van der Waals surface area contributed by atoms with E-state index in [0.717, 1.165) is 16.7 Å². The van der Waals surface area contributed by atoms with Crippen LogP contribution in [0.5, 0.6) is 11.5 Å². The third-order valence-electron chi connectivity index (χ3n) is 5.64. The zero-order valence-electron chi connectivity index (χ0n) is 15.6. The molecule has 0 fully saturated rings. The Morgan fingerprint density at radius 3 is 2.71 bits per heavy atom. The molecule has 0 aliphatic carbocycles. The van der Waals surface area contributed by atoms with E-state index in [9.17, 15) is 15.0 Å². The summed E-state index contributed by atoms with van der Waals surface area (Å²) in [4.78, 5) is 14.3. The maximum Gasteiger partial charge on any atom is 0.326 e.